The molecule has 2 N–H and O–H groups in total. The molecule has 5 heteroatoms. The van der Waals surface area contributed by atoms with Gasteiger partial charge in [-0.1, -0.05) is 0 Å². The van der Waals surface area contributed by atoms with Crippen LogP contribution in [0.1, 0.15) is 5.56 Å². The molecule has 0 aromatic carbocycles. The molecular formula is C7H8F3NO. The summed E-state index contributed by atoms with van der Waals surface area (Å²) in [6.45, 7) is 0. The lowest BCUT2D eigenvalue weighted by Gasteiger charge is -2.13. The van der Waals surface area contributed by atoms with Gasteiger partial charge in [-0.2, -0.15) is 13.2 Å². The first kappa shape index (κ1) is 9.12. The van der Waals surface area contributed by atoms with Crippen molar-refractivity contribution >= 4 is 0 Å². The SMILES string of the molecule is NC(Cc1ccoc1)C(F)(F)F. The van der Waals surface area contributed by atoms with E-state index in [2.05, 4.69) is 4.42 Å². The summed E-state index contributed by atoms with van der Waals surface area (Å²) < 4.78 is 40.3. The topological polar surface area (TPSA) is 39.2 Å². The molecule has 1 heterocycles. The molecule has 0 aliphatic heterocycles. The average Bonchev–Trinajstić information content (AvgIpc) is 2.37. The fourth-order valence-electron chi connectivity index (χ4n) is 0.778. The second-order valence-corrected chi connectivity index (χ2v) is 2.48. The first-order chi connectivity index (χ1) is 5.50. The molecule has 0 aliphatic rings. The highest BCUT2D eigenvalue weighted by atomic mass is 19.4. The summed E-state index contributed by atoms with van der Waals surface area (Å²) in [6, 6.07) is -0.346. The van der Waals surface area contributed by atoms with E-state index < -0.39 is 12.2 Å². The smallest absolute Gasteiger partial charge is 0.403 e. The van der Waals surface area contributed by atoms with Gasteiger partial charge in [-0.15, -0.1) is 0 Å². The second kappa shape index (κ2) is 3.18. The van der Waals surface area contributed by atoms with Crippen molar-refractivity contribution in [3.05, 3.63) is 24.2 Å². The normalized spacial score (nSPS) is 14.7. The molecule has 1 rings (SSSR count). The van der Waals surface area contributed by atoms with E-state index in [4.69, 9.17) is 5.73 Å². The maximum absolute atomic E-state index is 11.9. The lowest BCUT2D eigenvalue weighted by Crippen LogP contribution is -2.38. The molecule has 12 heavy (non-hydrogen) atoms. The molecule has 1 aromatic rings. The van der Waals surface area contributed by atoms with Gasteiger partial charge in [0.15, 0.2) is 0 Å². The van der Waals surface area contributed by atoms with Gasteiger partial charge < -0.3 is 10.2 Å². The predicted molar refractivity (Wildman–Crippen MR) is 36.4 cm³/mol. The molecule has 1 aromatic heterocycles. The molecular weight excluding hydrogens is 171 g/mol. The van der Waals surface area contributed by atoms with Gasteiger partial charge in [0.2, 0.25) is 0 Å². The highest BCUT2D eigenvalue weighted by Gasteiger charge is 2.36. The number of rotatable bonds is 2. The van der Waals surface area contributed by atoms with E-state index in [1.165, 1.54) is 18.6 Å². The van der Waals surface area contributed by atoms with Crippen LogP contribution >= 0.6 is 0 Å². The Kier molecular flexibility index (Phi) is 2.42. The number of hydrogen-bond donors (Lipinski definition) is 1. The first-order valence-corrected chi connectivity index (χ1v) is 3.33. The van der Waals surface area contributed by atoms with Crippen LogP contribution in [0.3, 0.4) is 0 Å². The number of nitrogens with two attached hydrogens (primary N) is 1. The fourth-order valence-corrected chi connectivity index (χ4v) is 0.778. The summed E-state index contributed by atoms with van der Waals surface area (Å²) in [4.78, 5) is 0. The van der Waals surface area contributed by atoms with Crippen molar-refractivity contribution in [1.82, 2.24) is 0 Å². The summed E-state index contributed by atoms with van der Waals surface area (Å²) >= 11 is 0. The van der Waals surface area contributed by atoms with Crippen LogP contribution in [0.5, 0.6) is 0 Å². The standard InChI is InChI=1S/C7H8F3NO/c8-7(9,10)6(11)3-5-1-2-12-4-5/h1-2,4,6H,3,11H2. The van der Waals surface area contributed by atoms with Crippen molar-refractivity contribution in [3.8, 4) is 0 Å². The minimum absolute atomic E-state index is 0.236. The van der Waals surface area contributed by atoms with Crippen molar-refractivity contribution in [2.45, 2.75) is 18.6 Å². The predicted octanol–water partition coefficient (Wildman–Crippen LogP) is 1.71. The Morgan fingerprint density at radius 2 is 2.17 bits per heavy atom. The van der Waals surface area contributed by atoms with Crippen molar-refractivity contribution in [1.29, 1.82) is 0 Å². The average molecular weight is 179 g/mol. The Hall–Kier alpha value is -0.970. The number of hydrogen-bond acceptors (Lipinski definition) is 2. The van der Waals surface area contributed by atoms with E-state index in [0.717, 1.165) is 0 Å². The van der Waals surface area contributed by atoms with Crippen LogP contribution in [0, 0.1) is 0 Å². The third kappa shape index (κ3) is 2.27. The minimum Gasteiger partial charge on any atom is -0.472 e. The molecule has 1 atom stereocenters. The molecule has 2 nitrogen and oxygen atoms in total. The maximum Gasteiger partial charge on any atom is 0.403 e. The number of furan rings is 1. The van der Waals surface area contributed by atoms with Crippen LogP contribution in [0.2, 0.25) is 0 Å². The van der Waals surface area contributed by atoms with Crippen LogP contribution in [-0.2, 0) is 6.42 Å². The van der Waals surface area contributed by atoms with Crippen LogP contribution in [0.15, 0.2) is 23.0 Å². The second-order valence-electron chi connectivity index (χ2n) is 2.48. The molecule has 68 valence electrons. The van der Waals surface area contributed by atoms with Gasteiger partial charge in [0.25, 0.3) is 0 Å². The zero-order chi connectivity index (χ0) is 9.19. The lowest BCUT2D eigenvalue weighted by atomic mass is 10.1. The summed E-state index contributed by atoms with van der Waals surface area (Å²) in [6.07, 6.45) is -2.00. The van der Waals surface area contributed by atoms with Gasteiger partial charge in [0.1, 0.15) is 6.04 Å². The quantitative estimate of drug-likeness (QED) is 0.750. The van der Waals surface area contributed by atoms with E-state index >= 15 is 0 Å². The third-order valence-corrected chi connectivity index (χ3v) is 1.46. The Labute approximate surface area is 67.2 Å². The minimum atomic E-state index is -4.34. The molecule has 0 saturated heterocycles. The van der Waals surface area contributed by atoms with Gasteiger partial charge in [0.05, 0.1) is 12.5 Å². The fraction of sp³-hybridized carbons (Fsp3) is 0.429. The van der Waals surface area contributed by atoms with Gasteiger partial charge >= 0.3 is 6.18 Å². The van der Waals surface area contributed by atoms with Crippen molar-refractivity contribution in [2.24, 2.45) is 5.73 Å². The van der Waals surface area contributed by atoms with Crippen LogP contribution in [0.4, 0.5) is 13.2 Å². The number of alkyl halides is 3. The third-order valence-electron chi connectivity index (χ3n) is 1.46. The maximum atomic E-state index is 11.9. The lowest BCUT2D eigenvalue weighted by molar-refractivity contribution is -0.147. The zero-order valence-corrected chi connectivity index (χ0v) is 6.14. The molecule has 0 fully saturated rings. The van der Waals surface area contributed by atoms with E-state index in [9.17, 15) is 13.2 Å². The van der Waals surface area contributed by atoms with E-state index in [1.807, 2.05) is 0 Å². The molecule has 0 bridgehead atoms. The molecule has 0 aliphatic carbocycles. The number of halogens is 3. The van der Waals surface area contributed by atoms with Crippen LogP contribution < -0.4 is 5.73 Å². The Morgan fingerprint density at radius 1 is 1.50 bits per heavy atom. The van der Waals surface area contributed by atoms with Gasteiger partial charge in [-0.05, 0) is 18.1 Å². The molecule has 0 amide bonds. The van der Waals surface area contributed by atoms with Gasteiger partial charge in [-0.3, -0.25) is 0 Å². The highest BCUT2D eigenvalue weighted by molar-refractivity contribution is 5.07. The summed E-state index contributed by atoms with van der Waals surface area (Å²) in [5.41, 5.74) is 5.33. The zero-order valence-electron chi connectivity index (χ0n) is 6.14. The highest BCUT2D eigenvalue weighted by Crippen LogP contribution is 2.21. The van der Waals surface area contributed by atoms with Crippen molar-refractivity contribution < 1.29 is 17.6 Å². The molecule has 0 spiro atoms. The van der Waals surface area contributed by atoms with Crippen LogP contribution in [-0.4, -0.2) is 12.2 Å². The van der Waals surface area contributed by atoms with Crippen molar-refractivity contribution in [3.63, 3.8) is 0 Å². The monoisotopic (exact) mass is 179 g/mol. The van der Waals surface area contributed by atoms with Crippen molar-refractivity contribution in [2.75, 3.05) is 0 Å². The molecule has 1 unspecified atom stereocenters. The summed E-state index contributed by atoms with van der Waals surface area (Å²) in [5.74, 6) is 0. The first-order valence-electron chi connectivity index (χ1n) is 3.33. The Bertz CT molecular complexity index is 229. The van der Waals surface area contributed by atoms with Gasteiger partial charge in [-0.25, -0.2) is 0 Å². The summed E-state index contributed by atoms with van der Waals surface area (Å²) in [5, 5.41) is 0. The molecule has 0 saturated carbocycles. The van der Waals surface area contributed by atoms with Crippen LogP contribution in [0.25, 0.3) is 0 Å². The summed E-state index contributed by atoms with van der Waals surface area (Å²) in [7, 11) is 0. The molecule has 0 radical (unpaired) electrons. The Balaban J connectivity index is 2.53. The largest absolute Gasteiger partial charge is 0.472 e. The van der Waals surface area contributed by atoms with E-state index in [0.29, 0.717) is 5.56 Å². The van der Waals surface area contributed by atoms with E-state index in [1.54, 1.807) is 0 Å². The van der Waals surface area contributed by atoms with Gasteiger partial charge in [0, 0.05) is 0 Å². The Morgan fingerprint density at radius 3 is 2.58 bits per heavy atom. The van der Waals surface area contributed by atoms with E-state index in [-0.39, 0.29) is 6.42 Å².